The molecule has 3 rings (SSSR count). The normalized spacial score (nSPS) is 10.7. The number of amides is 1. The van der Waals surface area contributed by atoms with Crippen molar-refractivity contribution in [2.75, 3.05) is 12.4 Å². The van der Waals surface area contributed by atoms with Crippen LogP contribution in [0.4, 0.5) is 5.69 Å². The SMILES string of the molecule is COc1ccc(C(=O)c2ccc(=O)n(C(C)C)c2)c(O)c1NC(=O)c1ccccc1. The van der Waals surface area contributed by atoms with Gasteiger partial charge in [-0.3, -0.25) is 14.4 Å². The number of pyridine rings is 1. The molecule has 154 valence electrons. The summed E-state index contributed by atoms with van der Waals surface area (Å²) in [5, 5.41) is 13.4. The molecule has 0 saturated carbocycles. The van der Waals surface area contributed by atoms with E-state index in [2.05, 4.69) is 5.32 Å². The molecule has 3 aromatic rings. The number of methoxy groups -OCH3 is 1. The first-order valence-electron chi connectivity index (χ1n) is 9.36. The average molecular weight is 406 g/mol. The number of anilines is 1. The second-order valence-corrected chi connectivity index (χ2v) is 6.95. The Morgan fingerprint density at radius 2 is 1.70 bits per heavy atom. The highest BCUT2D eigenvalue weighted by molar-refractivity contribution is 6.13. The van der Waals surface area contributed by atoms with Crippen LogP contribution in [0.15, 0.2) is 65.6 Å². The van der Waals surface area contributed by atoms with Gasteiger partial charge in [-0.15, -0.1) is 0 Å². The Kier molecular flexibility index (Phi) is 6.01. The quantitative estimate of drug-likeness (QED) is 0.481. The molecule has 1 amide bonds. The number of nitrogens with one attached hydrogen (secondary N) is 1. The van der Waals surface area contributed by atoms with Crippen molar-refractivity contribution in [3.63, 3.8) is 0 Å². The largest absolute Gasteiger partial charge is 0.505 e. The van der Waals surface area contributed by atoms with Gasteiger partial charge in [0.15, 0.2) is 11.5 Å². The zero-order valence-electron chi connectivity index (χ0n) is 16.9. The maximum atomic E-state index is 13.0. The van der Waals surface area contributed by atoms with Crippen LogP contribution >= 0.6 is 0 Å². The standard InChI is InChI=1S/C23H22N2O5/c1-14(2)25-13-16(9-12-19(25)26)21(27)17-10-11-18(30-3)20(22(17)28)24-23(29)15-7-5-4-6-8-15/h4-14,28H,1-3H3,(H,24,29). The first kappa shape index (κ1) is 20.9. The van der Waals surface area contributed by atoms with Crippen molar-refractivity contribution in [3.05, 3.63) is 87.8 Å². The minimum atomic E-state index is -0.486. The van der Waals surface area contributed by atoms with Gasteiger partial charge in [-0.05, 0) is 44.2 Å². The van der Waals surface area contributed by atoms with E-state index in [-0.39, 0.29) is 34.2 Å². The summed E-state index contributed by atoms with van der Waals surface area (Å²) in [6.45, 7) is 3.66. The van der Waals surface area contributed by atoms with Crippen LogP contribution in [0.1, 0.15) is 46.2 Å². The summed E-state index contributed by atoms with van der Waals surface area (Å²) in [5.41, 5.74) is 0.377. The number of ether oxygens (including phenoxy) is 1. The van der Waals surface area contributed by atoms with Crippen molar-refractivity contribution in [1.82, 2.24) is 4.57 Å². The van der Waals surface area contributed by atoms with E-state index in [4.69, 9.17) is 4.74 Å². The lowest BCUT2D eigenvalue weighted by atomic mass is 10.0. The molecule has 0 aliphatic carbocycles. The van der Waals surface area contributed by atoms with E-state index >= 15 is 0 Å². The fourth-order valence-corrected chi connectivity index (χ4v) is 3.02. The van der Waals surface area contributed by atoms with Gasteiger partial charge in [-0.2, -0.15) is 0 Å². The Morgan fingerprint density at radius 3 is 2.33 bits per heavy atom. The van der Waals surface area contributed by atoms with E-state index in [1.54, 1.807) is 30.3 Å². The number of phenolic OH excluding ortho intramolecular Hbond substituents is 1. The molecule has 7 heteroatoms. The summed E-state index contributed by atoms with van der Waals surface area (Å²) in [5.74, 6) is -1.15. The minimum Gasteiger partial charge on any atom is -0.505 e. The number of carbonyl (C=O) groups excluding carboxylic acids is 2. The number of hydrogen-bond acceptors (Lipinski definition) is 5. The van der Waals surface area contributed by atoms with E-state index in [9.17, 15) is 19.5 Å². The van der Waals surface area contributed by atoms with Crippen LogP contribution < -0.4 is 15.6 Å². The summed E-state index contributed by atoms with van der Waals surface area (Å²) in [6.07, 6.45) is 1.46. The molecule has 0 saturated heterocycles. The Labute approximate surface area is 173 Å². The van der Waals surface area contributed by atoms with E-state index in [1.807, 2.05) is 13.8 Å². The topological polar surface area (TPSA) is 97.6 Å². The van der Waals surface area contributed by atoms with E-state index in [0.29, 0.717) is 5.56 Å². The zero-order chi connectivity index (χ0) is 21.8. The van der Waals surface area contributed by atoms with Crippen LogP contribution in [0, 0.1) is 0 Å². The lowest BCUT2D eigenvalue weighted by Crippen LogP contribution is -2.22. The number of aromatic nitrogens is 1. The molecule has 2 aromatic carbocycles. The van der Waals surface area contributed by atoms with Crippen LogP contribution in [0.5, 0.6) is 11.5 Å². The van der Waals surface area contributed by atoms with E-state index in [0.717, 1.165) is 0 Å². The van der Waals surface area contributed by atoms with Crippen LogP contribution in [0.2, 0.25) is 0 Å². The second-order valence-electron chi connectivity index (χ2n) is 6.95. The first-order valence-corrected chi connectivity index (χ1v) is 9.36. The highest BCUT2D eigenvalue weighted by Crippen LogP contribution is 2.38. The van der Waals surface area contributed by atoms with E-state index in [1.165, 1.54) is 42.1 Å². The summed E-state index contributed by atoms with van der Waals surface area (Å²) >= 11 is 0. The molecule has 0 radical (unpaired) electrons. The average Bonchev–Trinajstić information content (AvgIpc) is 2.75. The van der Waals surface area contributed by atoms with Gasteiger partial charge in [0.05, 0.1) is 12.7 Å². The molecule has 0 bridgehead atoms. The molecule has 0 spiro atoms. The van der Waals surface area contributed by atoms with Crippen molar-refractivity contribution < 1.29 is 19.4 Å². The number of carbonyl (C=O) groups is 2. The molecule has 1 aromatic heterocycles. The Balaban J connectivity index is 2.02. The molecule has 0 fully saturated rings. The molecule has 2 N–H and O–H groups in total. The van der Waals surface area contributed by atoms with Crippen LogP contribution in [0.3, 0.4) is 0 Å². The van der Waals surface area contributed by atoms with Gasteiger partial charge in [0.2, 0.25) is 0 Å². The molecule has 7 nitrogen and oxygen atoms in total. The molecule has 0 aliphatic heterocycles. The van der Waals surface area contributed by atoms with Crippen molar-refractivity contribution in [2.24, 2.45) is 0 Å². The number of nitrogens with zero attached hydrogens (tertiary/aromatic N) is 1. The van der Waals surface area contributed by atoms with Gasteiger partial charge in [-0.1, -0.05) is 18.2 Å². The highest BCUT2D eigenvalue weighted by Gasteiger charge is 2.22. The smallest absolute Gasteiger partial charge is 0.255 e. The number of phenols is 1. The first-order chi connectivity index (χ1) is 14.3. The summed E-state index contributed by atoms with van der Waals surface area (Å²) < 4.78 is 6.67. The molecule has 0 unspecified atom stereocenters. The molecule has 0 aliphatic rings. The fraction of sp³-hybridized carbons (Fsp3) is 0.174. The summed E-state index contributed by atoms with van der Waals surface area (Å²) in [4.78, 5) is 37.5. The van der Waals surface area contributed by atoms with Crippen molar-refractivity contribution in [3.8, 4) is 11.5 Å². The van der Waals surface area contributed by atoms with Crippen molar-refractivity contribution in [1.29, 1.82) is 0 Å². The minimum absolute atomic E-state index is 0.00520. The zero-order valence-corrected chi connectivity index (χ0v) is 16.9. The maximum Gasteiger partial charge on any atom is 0.255 e. The molecule has 0 atom stereocenters. The number of ketones is 1. The number of benzene rings is 2. The van der Waals surface area contributed by atoms with Gasteiger partial charge in [0.25, 0.3) is 11.5 Å². The van der Waals surface area contributed by atoms with Gasteiger partial charge < -0.3 is 19.7 Å². The number of rotatable bonds is 6. The molecule has 1 heterocycles. The predicted molar refractivity (Wildman–Crippen MR) is 114 cm³/mol. The summed E-state index contributed by atoms with van der Waals surface area (Å²) in [6, 6.07) is 14.0. The fourth-order valence-electron chi connectivity index (χ4n) is 3.02. The van der Waals surface area contributed by atoms with Gasteiger partial charge >= 0.3 is 0 Å². The van der Waals surface area contributed by atoms with Crippen molar-refractivity contribution >= 4 is 17.4 Å². The Hall–Kier alpha value is -3.87. The third-order valence-corrected chi connectivity index (χ3v) is 4.64. The summed E-state index contributed by atoms with van der Waals surface area (Å²) in [7, 11) is 1.40. The van der Waals surface area contributed by atoms with E-state index < -0.39 is 17.4 Å². The second kappa shape index (κ2) is 8.65. The molecule has 30 heavy (non-hydrogen) atoms. The Bertz CT molecular complexity index is 1150. The Morgan fingerprint density at radius 1 is 1.00 bits per heavy atom. The lowest BCUT2D eigenvalue weighted by molar-refractivity contribution is 0.101. The van der Waals surface area contributed by atoms with Gasteiger partial charge in [0.1, 0.15) is 11.4 Å². The maximum absolute atomic E-state index is 13.0. The third-order valence-electron chi connectivity index (χ3n) is 4.64. The lowest BCUT2D eigenvalue weighted by Gasteiger charge is -2.15. The monoisotopic (exact) mass is 406 g/mol. The number of hydrogen-bond donors (Lipinski definition) is 2. The molecular formula is C23H22N2O5. The predicted octanol–water partition coefficient (Wildman–Crippen LogP) is 3.63. The van der Waals surface area contributed by atoms with Gasteiger partial charge in [-0.25, -0.2) is 0 Å². The van der Waals surface area contributed by atoms with Crippen LogP contribution in [0.25, 0.3) is 0 Å². The van der Waals surface area contributed by atoms with Crippen LogP contribution in [-0.2, 0) is 0 Å². The number of aromatic hydroxyl groups is 1. The van der Waals surface area contributed by atoms with Gasteiger partial charge in [0, 0.05) is 29.4 Å². The third kappa shape index (κ3) is 4.10. The molecular weight excluding hydrogens is 384 g/mol. The van der Waals surface area contributed by atoms with Crippen molar-refractivity contribution in [2.45, 2.75) is 19.9 Å². The van der Waals surface area contributed by atoms with Crippen LogP contribution in [-0.4, -0.2) is 28.5 Å². The highest BCUT2D eigenvalue weighted by atomic mass is 16.5.